The Morgan fingerprint density at radius 1 is 1.16 bits per heavy atom. The summed E-state index contributed by atoms with van der Waals surface area (Å²) < 4.78 is 5.07. The Kier molecular flexibility index (Phi) is 4.18. The second kappa shape index (κ2) is 6.05. The second-order valence-corrected chi connectivity index (χ2v) is 4.14. The number of aryl methyl sites for hydroxylation is 1. The highest BCUT2D eigenvalue weighted by Gasteiger charge is 2.05. The minimum Gasteiger partial charge on any atom is -0.504 e. The van der Waals surface area contributed by atoms with Crippen LogP contribution < -0.4 is 4.74 Å². The molecule has 0 aliphatic heterocycles. The van der Waals surface area contributed by atoms with E-state index in [1.807, 2.05) is 24.3 Å². The van der Waals surface area contributed by atoms with Gasteiger partial charge in [-0.05, 0) is 30.2 Å². The van der Waals surface area contributed by atoms with Crippen LogP contribution >= 0.6 is 0 Å². The summed E-state index contributed by atoms with van der Waals surface area (Å²) >= 11 is 0. The van der Waals surface area contributed by atoms with Crippen molar-refractivity contribution >= 4 is 11.9 Å². The predicted molar refractivity (Wildman–Crippen MR) is 77.7 cm³/mol. The normalized spacial score (nSPS) is 10.8. The molecule has 0 radical (unpaired) electrons. The fourth-order valence-electron chi connectivity index (χ4n) is 1.88. The maximum atomic E-state index is 9.98. The molecule has 98 valence electrons. The average molecular weight is 255 g/mol. The maximum Gasteiger partial charge on any atom is 0.166 e. The lowest BCUT2D eigenvalue weighted by atomic mass is 10.1. The largest absolute Gasteiger partial charge is 0.504 e. The van der Waals surface area contributed by atoms with Crippen molar-refractivity contribution in [1.29, 1.82) is 0 Å². The van der Waals surface area contributed by atoms with Crippen LogP contribution in [0, 0.1) is 0 Å². The van der Waals surface area contributed by atoms with E-state index in [4.69, 9.17) is 4.74 Å². The number of ether oxygens (including phenoxy) is 1. The number of aromatic hydroxyl groups is 1. The van der Waals surface area contributed by atoms with E-state index in [2.05, 4.69) is 18.0 Å². The number of hydrogen-bond acceptors (Lipinski definition) is 3. The maximum absolute atomic E-state index is 9.98. The van der Waals surface area contributed by atoms with Crippen LogP contribution in [0.25, 0.3) is 0 Å². The summed E-state index contributed by atoms with van der Waals surface area (Å²) in [5.74, 6) is 0.565. The SMILES string of the molecule is CCc1ccccc1N=Cc1cccc(OC)c1O. The number of methoxy groups -OCH3 is 1. The van der Waals surface area contributed by atoms with E-state index < -0.39 is 0 Å². The molecule has 0 fully saturated rings. The van der Waals surface area contributed by atoms with Gasteiger partial charge in [-0.25, -0.2) is 0 Å². The summed E-state index contributed by atoms with van der Waals surface area (Å²) in [5.41, 5.74) is 2.75. The number of para-hydroxylation sites is 2. The Bertz CT molecular complexity index is 591. The smallest absolute Gasteiger partial charge is 0.166 e. The quantitative estimate of drug-likeness (QED) is 0.846. The fourth-order valence-corrected chi connectivity index (χ4v) is 1.88. The van der Waals surface area contributed by atoms with E-state index in [-0.39, 0.29) is 5.75 Å². The van der Waals surface area contributed by atoms with E-state index in [1.54, 1.807) is 18.3 Å². The molecule has 19 heavy (non-hydrogen) atoms. The van der Waals surface area contributed by atoms with E-state index in [0.717, 1.165) is 12.1 Å². The van der Waals surface area contributed by atoms with Gasteiger partial charge in [0.1, 0.15) is 0 Å². The molecule has 0 saturated heterocycles. The Labute approximate surface area is 113 Å². The highest BCUT2D eigenvalue weighted by molar-refractivity contribution is 5.86. The zero-order valence-corrected chi connectivity index (χ0v) is 11.1. The van der Waals surface area contributed by atoms with E-state index in [0.29, 0.717) is 11.3 Å². The van der Waals surface area contributed by atoms with Gasteiger partial charge in [0, 0.05) is 11.8 Å². The molecule has 0 aliphatic rings. The molecule has 0 spiro atoms. The first kappa shape index (κ1) is 13.1. The van der Waals surface area contributed by atoms with Crippen LogP contribution in [0.3, 0.4) is 0 Å². The van der Waals surface area contributed by atoms with Crippen molar-refractivity contribution in [3.63, 3.8) is 0 Å². The van der Waals surface area contributed by atoms with E-state index >= 15 is 0 Å². The lowest BCUT2D eigenvalue weighted by Crippen LogP contribution is -1.88. The molecule has 0 bridgehead atoms. The summed E-state index contributed by atoms with van der Waals surface area (Å²) in [5, 5.41) is 9.98. The van der Waals surface area contributed by atoms with Crippen molar-refractivity contribution < 1.29 is 9.84 Å². The van der Waals surface area contributed by atoms with Crippen molar-refractivity contribution in [3.05, 3.63) is 53.6 Å². The van der Waals surface area contributed by atoms with Crippen molar-refractivity contribution in [2.75, 3.05) is 7.11 Å². The molecule has 0 atom stereocenters. The van der Waals surface area contributed by atoms with Crippen molar-refractivity contribution in [2.24, 2.45) is 4.99 Å². The summed E-state index contributed by atoms with van der Waals surface area (Å²) in [4.78, 5) is 4.44. The third-order valence-electron chi connectivity index (χ3n) is 2.97. The Balaban J connectivity index is 2.33. The van der Waals surface area contributed by atoms with Gasteiger partial charge in [-0.15, -0.1) is 0 Å². The van der Waals surface area contributed by atoms with E-state index in [1.165, 1.54) is 12.7 Å². The van der Waals surface area contributed by atoms with Crippen molar-refractivity contribution in [2.45, 2.75) is 13.3 Å². The van der Waals surface area contributed by atoms with Crippen LogP contribution in [0.1, 0.15) is 18.1 Å². The molecule has 0 saturated carbocycles. The monoisotopic (exact) mass is 255 g/mol. The average Bonchev–Trinajstić information content (AvgIpc) is 2.46. The number of hydrogen-bond donors (Lipinski definition) is 1. The van der Waals surface area contributed by atoms with Gasteiger partial charge in [-0.2, -0.15) is 0 Å². The minimum absolute atomic E-state index is 0.114. The molecule has 0 amide bonds. The molecule has 0 unspecified atom stereocenters. The molecule has 0 aliphatic carbocycles. The van der Waals surface area contributed by atoms with Crippen molar-refractivity contribution in [1.82, 2.24) is 0 Å². The summed E-state index contributed by atoms with van der Waals surface area (Å²) in [6.45, 7) is 2.09. The van der Waals surface area contributed by atoms with Gasteiger partial charge >= 0.3 is 0 Å². The van der Waals surface area contributed by atoms with Gasteiger partial charge in [0.2, 0.25) is 0 Å². The molecule has 2 rings (SSSR count). The van der Waals surface area contributed by atoms with Crippen LogP contribution in [-0.4, -0.2) is 18.4 Å². The Morgan fingerprint density at radius 2 is 1.95 bits per heavy atom. The molecule has 3 nitrogen and oxygen atoms in total. The number of nitrogens with zero attached hydrogens (tertiary/aromatic N) is 1. The zero-order valence-electron chi connectivity index (χ0n) is 11.1. The molecule has 2 aromatic rings. The first-order chi connectivity index (χ1) is 9.26. The summed E-state index contributed by atoms with van der Waals surface area (Å²) in [7, 11) is 1.53. The fraction of sp³-hybridized carbons (Fsp3) is 0.188. The summed E-state index contributed by atoms with van der Waals surface area (Å²) in [6.07, 6.45) is 2.59. The van der Waals surface area contributed by atoms with Crippen LogP contribution in [0.5, 0.6) is 11.5 Å². The highest BCUT2D eigenvalue weighted by Crippen LogP contribution is 2.28. The number of rotatable bonds is 4. The zero-order chi connectivity index (χ0) is 13.7. The third kappa shape index (κ3) is 2.94. The van der Waals surface area contributed by atoms with Gasteiger partial charge in [0.15, 0.2) is 11.5 Å². The highest BCUT2D eigenvalue weighted by atomic mass is 16.5. The molecular weight excluding hydrogens is 238 g/mol. The number of phenolic OH excluding ortho intramolecular Hbond substituents is 1. The standard InChI is InChI=1S/C16H17NO2/c1-3-12-7-4-5-9-14(12)17-11-13-8-6-10-15(19-2)16(13)18/h4-11,18H,3H2,1-2H3. The van der Waals surface area contributed by atoms with Gasteiger partial charge in [-0.1, -0.05) is 31.2 Å². The molecule has 1 N–H and O–H groups in total. The predicted octanol–water partition coefficient (Wildman–Crippen LogP) is 3.71. The molecule has 0 aromatic heterocycles. The lowest BCUT2D eigenvalue weighted by molar-refractivity contribution is 0.373. The van der Waals surface area contributed by atoms with E-state index in [9.17, 15) is 5.11 Å². The van der Waals surface area contributed by atoms with Gasteiger partial charge < -0.3 is 9.84 Å². The second-order valence-electron chi connectivity index (χ2n) is 4.14. The Morgan fingerprint density at radius 3 is 2.68 bits per heavy atom. The topological polar surface area (TPSA) is 41.8 Å². The first-order valence-corrected chi connectivity index (χ1v) is 6.24. The van der Waals surface area contributed by atoms with Gasteiger partial charge in [-0.3, -0.25) is 4.99 Å². The third-order valence-corrected chi connectivity index (χ3v) is 2.97. The van der Waals surface area contributed by atoms with Crippen LogP contribution in [-0.2, 0) is 6.42 Å². The van der Waals surface area contributed by atoms with Crippen LogP contribution in [0.2, 0.25) is 0 Å². The number of aliphatic imine (C=N–C) groups is 1. The molecule has 3 heteroatoms. The number of benzene rings is 2. The molecule has 0 heterocycles. The Hall–Kier alpha value is -2.29. The lowest BCUT2D eigenvalue weighted by Gasteiger charge is -2.05. The minimum atomic E-state index is 0.114. The summed E-state index contributed by atoms with van der Waals surface area (Å²) in [6, 6.07) is 13.3. The van der Waals surface area contributed by atoms with Crippen molar-refractivity contribution in [3.8, 4) is 11.5 Å². The van der Waals surface area contributed by atoms with Crippen LogP contribution in [0.4, 0.5) is 5.69 Å². The van der Waals surface area contributed by atoms with Crippen LogP contribution in [0.15, 0.2) is 47.5 Å². The first-order valence-electron chi connectivity index (χ1n) is 6.24. The van der Waals surface area contributed by atoms with Gasteiger partial charge in [0.05, 0.1) is 12.8 Å². The molecular formula is C16H17NO2. The van der Waals surface area contributed by atoms with Gasteiger partial charge in [0.25, 0.3) is 0 Å². The number of phenols is 1. The molecule has 2 aromatic carbocycles.